The smallest absolute Gasteiger partial charge is 0.323 e. The first-order valence-electron chi connectivity index (χ1n) is 5.15. The third-order valence-electron chi connectivity index (χ3n) is 2.65. The van der Waals surface area contributed by atoms with Gasteiger partial charge in [0, 0.05) is 0 Å². The van der Waals surface area contributed by atoms with Crippen molar-refractivity contribution in [1.82, 2.24) is 5.32 Å². The van der Waals surface area contributed by atoms with Gasteiger partial charge in [-0.3, -0.25) is 4.79 Å². The predicted molar refractivity (Wildman–Crippen MR) is 61.3 cm³/mol. The van der Waals surface area contributed by atoms with Gasteiger partial charge in [0.2, 0.25) is 0 Å². The van der Waals surface area contributed by atoms with Crippen LogP contribution in [0.5, 0.6) is 0 Å². The fraction of sp³-hybridized carbons (Fsp3) is 0.333. The van der Waals surface area contributed by atoms with Crippen molar-refractivity contribution < 1.29 is 9.59 Å². The number of carbonyl (C=O) groups is 2. The van der Waals surface area contributed by atoms with Crippen LogP contribution in [0.2, 0.25) is 0 Å². The van der Waals surface area contributed by atoms with Crippen molar-refractivity contribution in [2.75, 3.05) is 4.90 Å². The van der Waals surface area contributed by atoms with Crippen LogP contribution in [0.4, 0.5) is 10.5 Å². The quantitative estimate of drug-likeness (QED) is 0.731. The maximum atomic E-state index is 12.0. The van der Waals surface area contributed by atoms with Gasteiger partial charge in [0.15, 0.2) is 0 Å². The number of hydrogen-bond acceptors (Lipinski definition) is 2. The Hall–Kier alpha value is -1.84. The molecule has 0 atom stereocenters. The SMILES string of the molecule is Cc1ccc(N2C(=O)NC(C)(C)C2=O)cc1. The first-order valence-corrected chi connectivity index (χ1v) is 5.15. The lowest BCUT2D eigenvalue weighted by atomic mass is 10.1. The Bertz CT molecular complexity index is 449. The number of carbonyl (C=O) groups excluding carboxylic acids is 2. The maximum absolute atomic E-state index is 12.0. The second-order valence-corrected chi connectivity index (χ2v) is 4.53. The topological polar surface area (TPSA) is 49.4 Å². The van der Waals surface area contributed by atoms with Gasteiger partial charge < -0.3 is 5.32 Å². The summed E-state index contributed by atoms with van der Waals surface area (Å²) in [4.78, 5) is 24.8. The van der Waals surface area contributed by atoms with Crippen LogP contribution in [0.3, 0.4) is 0 Å². The number of rotatable bonds is 1. The molecule has 84 valence electrons. The van der Waals surface area contributed by atoms with E-state index in [4.69, 9.17) is 0 Å². The summed E-state index contributed by atoms with van der Waals surface area (Å²) < 4.78 is 0. The molecule has 4 nitrogen and oxygen atoms in total. The molecule has 2 rings (SSSR count). The maximum Gasteiger partial charge on any atom is 0.329 e. The highest BCUT2D eigenvalue weighted by Gasteiger charge is 2.44. The Kier molecular flexibility index (Phi) is 2.22. The lowest BCUT2D eigenvalue weighted by Crippen LogP contribution is -2.40. The summed E-state index contributed by atoms with van der Waals surface area (Å²) in [6.07, 6.45) is 0. The summed E-state index contributed by atoms with van der Waals surface area (Å²) in [6, 6.07) is 6.93. The van der Waals surface area contributed by atoms with Crippen molar-refractivity contribution in [3.05, 3.63) is 29.8 Å². The number of nitrogens with one attached hydrogen (secondary N) is 1. The van der Waals surface area contributed by atoms with E-state index >= 15 is 0 Å². The third kappa shape index (κ3) is 1.56. The molecule has 16 heavy (non-hydrogen) atoms. The standard InChI is InChI=1S/C12H14N2O2/c1-8-4-6-9(7-5-8)14-10(15)12(2,3)13-11(14)16/h4-7H,1-3H3,(H,13,16). The predicted octanol–water partition coefficient (Wildman–Crippen LogP) is 1.83. The Morgan fingerprint density at radius 3 is 2.12 bits per heavy atom. The van der Waals surface area contributed by atoms with Gasteiger partial charge in [-0.15, -0.1) is 0 Å². The zero-order chi connectivity index (χ0) is 11.9. The molecule has 1 N–H and O–H groups in total. The van der Waals surface area contributed by atoms with E-state index in [0.717, 1.165) is 5.56 Å². The highest BCUT2D eigenvalue weighted by atomic mass is 16.2. The van der Waals surface area contributed by atoms with Crippen molar-refractivity contribution in [3.63, 3.8) is 0 Å². The van der Waals surface area contributed by atoms with E-state index in [1.54, 1.807) is 26.0 Å². The molecule has 1 aliphatic rings. The van der Waals surface area contributed by atoms with Crippen LogP contribution in [-0.2, 0) is 4.79 Å². The van der Waals surface area contributed by atoms with Crippen LogP contribution in [0, 0.1) is 6.92 Å². The van der Waals surface area contributed by atoms with E-state index in [1.165, 1.54) is 4.90 Å². The molecule has 0 saturated carbocycles. The minimum atomic E-state index is -0.817. The van der Waals surface area contributed by atoms with Gasteiger partial charge in [0.25, 0.3) is 5.91 Å². The largest absolute Gasteiger partial charge is 0.329 e. The van der Waals surface area contributed by atoms with Gasteiger partial charge in [-0.2, -0.15) is 0 Å². The Labute approximate surface area is 94.2 Å². The molecule has 3 amide bonds. The molecule has 1 aromatic carbocycles. The van der Waals surface area contributed by atoms with Crippen molar-refractivity contribution >= 4 is 17.6 Å². The molecule has 0 bridgehead atoms. The summed E-state index contributed by atoms with van der Waals surface area (Å²) in [5, 5.41) is 2.64. The van der Waals surface area contributed by atoms with Crippen LogP contribution in [0.25, 0.3) is 0 Å². The number of imide groups is 1. The molecule has 1 aliphatic heterocycles. The first kappa shape index (κ1) is 10.7. The van der Waals surface area contributed by atoms with Crippen molar-refractivity contribution in [3.8, 4) is 0 Å². The van der Waals surface area contributed by atoms with Gasteiger partial charge >= 0.3 is 6.03 Å². The highest BCUT2D eigenvalue weighted by molar-refractivity contribution is 6.22. The average molecular weight is 218 g/mol. The number of urea groups is 1. The molecule has 0 aliphatic carbocycles. The Balaban J connectivity index is 2.39. The summed E-state index contributed by atoms with van der Waals surface area (Å²) >= 11 is 0. The van der Waals surface area contributed by atoms with Crippen molar-refractivity contribution in [2.45, 2.75) is 26.3 Å². The molecular formula is C12H14N2O2. The van der Waals surface area contributed by atoms with Gasteiger partial charge in [0.1, 0.15) is 5.54 Å². The Morgan fingerprint density at radius 2 is 1.69 bits per heavy atom. The normalized spacial score (nSPS) is 18.8. The molecular weight excluding hydrogens is 204 g/mol. The molecule has 0 spiro atoms. The zero-order valence-electron chi connectivity index (χ0n) is 9.57. The lowest BCUT2D eigenvalue weighted by molar-refractivity contribution is -0.120. The van der Waals surface area contributed by atoms with E-state index in [1.807, 2.05) is 19.1 Å². The number of benzene rings is 1. The lowest BCUT2D eigenvalue weighted by Gasteiger charge is -2.15. The summed E-state index contributed by atoms with van der Waals surface area (Å²) in [5.74, 6) is -0.221. The minimum Gasteiger partial charge on any atom is -0.323 e. The van der Waals surface area contributed by atoms with Crippen LogP contribution < -0.4 is 10.2 Å². The number of aryl methyl sites for hydroxylation is 1. The van der Waals surface area contributed by atoms with Gasteiger partial charge in [-0.1, -0.05) is 17.7 Å². The third-order valence-corrected chi connectivity index (χ3v) is 2.65. The van der Waals surface area contributed by atoms with E-state index in [-0.39, 0.29) is 11.9 Å². The number of hydrogen-bond donors (Lipinski definition) is 1. The van der Waals surface area contributed by atoms with Crippen molar-refractivity contribution in [1.29, 1.82) is 0 Å². The number of anilines is 1. The van der Waals surface area contributed by atoms with E-state index < -0.39 is 5.54 Å². The summed E-state index contributed by atoms with van der Waals surface area (Å²) in [5.41, 5.74) is 0.885. The number of amides is 3. The highest BCUT2D eigenvalue weighted by Crippen LogP contribution is 2.24. The molecule has 0 radical (unpaired) electrons. The fourth-order valence-electron chi connectivity index (χ4n) is 1.68. The summed E-state index contributed by atoms with van der Waals surface area (Å²) in [6.45, 7) is 5.35. The minimum absolute atomic E-state index is 0.221. The van der Waals surface area contributed by atoms with Gasteiger partial charge in [-0.05, 0) is 32.9 Å². The molecule has 0 aromatic heterocycles. The van der Waals surface area contributed by atoms with E-state index in [0.29, 0.717) is 5.69 Å². The van der Waals surface area contributed by atoms with Crippen LogP contribution in [0.1, 0.15) is 19.4 Å². The monoisotopic (exact) mass is 218 g/mol. The zero-order valence-corrected chi connectivity index (χ0v) is 9.57. The molecule has 1 aromatic rings. The number of nitrogens with zero attached hydrogens (tertiary/aromatic N) is 1. The van der Waals surface area contributed by atoms with E-state index in [2.05, 4.69) is 5.32 Å². The second-order valence-electron chi connectivity index (χ2n) is 4.53. The van der Waals surface area contributed by atoms with Crippen LogP contribution in [0.15, 0.2) is 24.3 Å². The van der Waals surface area contributed by atoms with Gasteiger partial charge in [0.05, 0.1) is 5.69 Å². The molecule has 1 fully saturated rings. The molecule has 1 saturated heterocycles. The van der Waals surface area contributed by atoms with E-state index in [9.17, 15) is 9.59 Å². The summed E-state index contributed by atoms with van der Waals surface area (Å²) in [7, 11) is 0. The van der Waals surface area contributed by atoms with Crippen molar-refractivity contribution in [2.24, 2.45) is 0 Å². The second kappa shape index (κ2) is 3.33. The molecule has 0 unspecified atom stereocenters. The van der Waals surface area contributed by atoms with Crippen LogP contribution >= 0.6 is 0 Å². The van der Waals surface area contributed by atoms with Crippen LogP contribution in [-0.4, -0.2) is 17.5 Å². The first-order chi connectivity index (χ1) is 7.42. The molecule has 4 heteroatoms. The average Bonchev–Trinajstić information content (AvgIpc) is 2.39. The Morgan fingerprint density at radius 1 is 1.12 bits per heavy atom. The van der Waals surface area contributed by atoms with Gasteiger partial charge in [-0.25, -0.2) is 9.69 Å². The molecule has 1 heterocycles. The fourth-order valence-corrected chi connectivity index (χ4v) is 1.68.